The number of anilines is 1. The second kappa shape index (κ2) is 5.89. The molecule has 3 N–H and O–H groups in total. The van der Waals surface area contributed by atoms with Crippen LogP contribution in [0.5, 0.6) is 0 Å². The maximum atomic E-state index is 11.4. The van der Waals surface area contributed by atoms with E-state index >= 15 is 0 Å². The summed E-state index contributed by atoms with van der Waals surface area (Å²) in [7, 11) is 0. The van der Waals surface area contributed by atoms with Gasteiger partial charge in [-0.2, -0.15) is 0 Å². The fourth-order valence-electron chi connectivity index (χ4n) is 2.86. The zero-order chi connectivity index (χ0) is 13.0. The van der Waals surface area contributed by atoms with Crippen molar-refractivity contribution in [2.75, 3.05) is 5.73 Å². The molecular weight excluding hydrogens is 226 g/mol. The highest BCUT2D eigenvalue weighted by Crippen LogP contribution is 2.33. The number of nitrogens with two attached hydrogens (primary N) is 1. The summed E-state index contributed by atoms with van der Waals surface area (Å²) in [4.78, 5) is 11.4. The zero-order valence-corrected chi connectivity index (χ0v) is 10.6. The second-order valence-corrected chi connectivity index (χ2v) is 5.30. The summed E-state index contributed by atoms with van der Waals surface area (Å²) in [5, 5.41) is 9.40. The molecule has 1 aromatic rings. The molecular formula is C15H21NO2. The first-order chi connectivity index (χ1) is 8.66. The molecule has 3 nitrogen and oxygen atoms in total. The highest BCUT2D eigenvalue weighted by molar-refractivity contribution is 5.76. The predicted molar refractivity (Wildman–Crippen MR) is 72.4 cm³/mol. The smallest absolute Gasteiger partial charge is 0.310 e. The van der Waals surface area contributed by atoms with Crippen LogP contribution in [0.4, 0.5) is 5.69 Å². The first-order valence-electron chi connectivity index (χ1n) is 6.75. The van der Waals surface area contributed by atoms with E-state index in [1.807, 2.05) is 12.1 Å². The van der Waals surface area contributed by atoms with Crippen molar-refractivity contribution in [1.29, 1.82) is 0 Å². The van der Waals surface area contributed by atoms with Crippen molar-refractivity contribution in [3.8, 4) is 0 Å². The van der Waals surface area contributed by atoms with E-state index in [-0.39, 0.29) is 5.92 Å². The number of benzene rings is 1. The molecule has 0 heterocycles. The van der Waals surface area contributed by atoms with Gasteiger partial charge in [0.2, 0.25) is 0 Å². The van der Waals surface area contributed by atoms with Gasteiger partial charge in [0.25, 0.3) is 0 Å². The Balaban J connectivity index is 2.07. The van der Waals surface area contributed by atoms with E-state index in [1.54, 1.807) is 12.1 Å². The van der Waals surface area contributed by atoms with E-state index in [4.69, 9.17) is 5.73 Å². The molecule has 1 aliphatic carbocycles. The summed E-state index contributed by atoms with van der Waals surface area (Å²) in [6.45, 7) is 0. The molecule has 1 fully saturated rings. The monoisotopic (exact) mass is 247 g/mol. The number of nitrogen functional groups attached to an aromatic ring is 1. The quantitative estimate of drug-likeness (QED) is 0.801. The van der Waals surface area contributed by atoms with Crippen LogP contribution in [0.15, 0.2) is 24.3 Å². The van der Waals surface area contributed by atoms with Crippen LogP contribution < -0.4 is 5.73 Å². The molecule has 0 aliphatic heterocycles. The van der Waals surface area contributed by atoms with Gasteiger partial charge < -0.3 is 10.8 Å². The Morgan fingerprint density at radius 1 is 1.22 bits per heavy atom. The van der Waals surface area contributed by atoms with Gasteiger partial charge in [-0.15, -0.1) is 0 Å². The number of hydrogen-bond donors (Lipinski definition) is 2. The molecule has 2 rings (SSSR count). The van der Waals surface area contributed by atoms with Crippen LogP contribution in [0, 0.1) is 5.92 Å². The lowest BCUT2D eigenvalue weighted by molar-refractivity contribution is -0.139. The van der Waals surface area contributed by atoms with Gasteiger partial charge in [0.05, 0.1) is 5.92 Å². The predicted octanol–water partition coefficient (Wildman–Crippen LogP) is 3.41. The van der Waals surface area contributed by atoms with Gasteiger partial charge in [0, 0.05) is 5.69 Å². The van der Waals surface area contributed by atoms with Gasteiger partial charge in [-0.05, 0) is 30.0 Å². The molecule has 0 spiro atoms. The molecule has 0 saturated heterocycles. The first kappa shape index (κ1) is 12.9. The van der Waals surface area contributed by atoms with Crippen LogP contribution in [0.2, 0.25) is 0 Å². The van der Waals surface area contributed by atoms with E-state index < -0.39 is 5.97 Å². The Morgan fingerprint density at radius 2 is 1.83 bits per heavy atom. The van der Waals surface area contributed by atoms with Gasteiger partial charge in [-0.25, -0.2) is 0 Å². The number of rotatable bonds is 4. The second-order valence-electron chi connectivity index (χ2n) is 5.30. The largest absolute Gasteiger partial charge is 0.481 e. The molecule has 98 valence electrons. The first-order valence-corrected chi connectivity index (χ1v) is 6.75. The van der Waals surface area contributed by atoms with Crippen molar-refractivity contribution in [3.63, 3.8) is 0 Å². The third-order valence-corrected chi connectivity index (χ3v) is 3.93. The summed E-state index contributed by atoms with van der Waals surface area (Å²) in [5.41, 5.74) is 7.20. The average molecular weight is 247 g/mol. The summed E-state index contributed by atoms with van der Waals surface area (Å²) in [5.74, 6) is -0.531. The molecule has 1 atom stereocenters. The maximum absolute atomic E-state index is 11.4. The molecule has 3 heteroatoms. The van der Waals surface area contributed by atoms with E-state index in [1.165, 1.54) is 32.1 Å². The lowest BCUT2D eigenvalue weighted by Gasteiger charge is -2.24. The molecule has 0 radical (unpaired) electrons. The molecule has 0 aromatic heterocycles. The van der Waals surface area contributed by atoms with Crippen LogP contribution in [0.25, 0.3) is 0 Å². The molecule has 0 unspecified atom stereocenters. The van der Waals surface area contributed by atoms with Crippen LogP contribution in [-0.2, 0) is 4.79 Å². The average Bonchev–Trinajstić information content (AvgIpc) is 2.38. The summed E-state index contributed by atoms with van der Waals surface area (Å²) < 4.78 is 0. The minimum atomic E-state index is -0.717. The highest BCUT2D eigenvalue weighted by atomic mass is 16.4. The molecule has 1 aromatic carbocycles. The van der Waals surface area contributed by atoms with Crippen LogP contribution >= 0.6 is 0 Å². The summed E-state index contributed by atoms with van der Waals surface area (Å²) in [6, 6.07) is 7.26. The number of carboxylic acid groups (broad SMARTS) is 1. The minimum absolute atomic E-state index is 0.381. The van der Waals surface area contributed by atoms with Crippen molar-refractivity contribution in [1.82, 2.24) is 0 Å². The van der Waals surface area contributed by atoms with Gasteiger partial charge in [0.15, 0.2) is 0 Å². The van der Waals surface area contributed by atoms with Crippen LogP contribution in [0.3, 0.4) is 0 Å². The minimum Gasteiger partial charge on any atom is -0.481 e. The lowest BCUT2D eigenvalue weighted by atomic mass is 9.80. The Hall–Kier alpha value is -1.51. The van der Waals surface area contributed by atoms with Gasteiger partial charge >= 0.3 is 5.97 Å². The molecule has 1 saturated carbocycles. The van der Waals surface area contributed by atoms with Crippen molar-refractivity contribution in [3.05, 3.63) is 29.8 Å². The molecule has 0 amide bonds. The topological polar surface area (TPSA) is 63.3 Å². The maximum Gasteiger partial charge on any atom is 0.310 e. The summed E-state index contributed by atoms with van der Waals surface area (Å²) >= 11 is 0. The summed E-state index contributed by atoms with van der Waals surface area (Å²) in [6.07, 6.45) is 6.92. The Labute approximate surface area is 108 Å². The number of carbonyl (C=O) groups is 1. The fourth-order valence-corrected chi connectivity index (χ4v) is 2.86. The SMILES string of the molecule is Nc1ccc([C@@H](CC2CCCCC2)C(=O)O)cc1. The van der Waals surface area contributed by atoms with Gasteiger partial charge in [-0.3, -0.25) is 4.79 Å². The van der Waals surface area contributed by atoms with Crippen LogP contribution in [0.1, 0.15) is 50.0 Å². The fraction of sp³-hybridized carbons (Fsp3) is 0.533. The van der Waals surface area contributed by atoms with Crippen molar-refractivity contribution < 1.29 is 9.90 Å². The van der Waals surface area contributed by atoms with Crippen LogP contribution in [-0.4, -0.2) is 11.1 Å². The number of hydrogen-bond acceptors (Lipinski definition) is 2. The standard InChI is InChI=1S/C15H21NO2/c16-13-8-6-12(7-9-13)14(15(17)18)10-11-4-2-1-3-5-11/h6-9,11,14H,1-5,10,16H2,(H,17,18)/t14-/m1/s1. The number of aliphatic carboxylic acids is 1. The third-order valence-electron chi connectivity index (χ3n) is 3.93. The van der Waals surface area contributed by atoms with E-state index in [9.17, 15) is 9.90 Å². The lowest BCUT2D eigenvalue weighted by Crippen LogP contribution is -2.18. The molecule has 1 aliphatic rings. The van der Waals surface area contributed by atoms with E-state index in [2.05, 4.69) is 0 Å². The highest BCUT2D eigenvalue weighted by Gasteiger charge is 2.25. The van der Waals surface area contributed by atoms with Crippen molar-refractivity contribution in [2.45, 2.75) is 44.4 Å². The molecule has 18 heavy (non-hydrogen) atoms. The third kappa shape index (κ3) is 3.25. The van der Waals surface area contributed by atoms with Gasteiger partial charge in [0.1, 0.15) is 0 Å². The van der Waals surface area contributed by atoms with Crippen molar-refractivity contribution in [2.24, 2.45) is 5.92 Å². The van der Waals surface area contributed by atoms with Gasteiger partial charge in [-0.1, -0.05) is 44.2 Å². The molecule has 0 bridgehead atoms. The van der Waals surface area contributed by atoms with Crippen molar-refractivity contribution >= 4 is 11.7 Å². The number of carboxylic acids is 1. The normalized spacial score (nSPS) is 18.4. The van der Waals surface area contributed by atoms with E-state index in [0.29, 0.717) is 11.6 Å². The van der Waals surface area contributed by atoms with E-state index in [0.717, 1.165) is 12.0 Å². The zero-order valence-electron chi connectivity index (χ0n) is 10.6. The Bertz CT molecular complexity index is 393. The Morgan fingerprint density at radius 3 is 2.39 bits per heavy atom. The Kier molecular flexibility index (Phi) is 4.24.